The van der Waals surface area contributed by atoms with Crippen molar-refractivity contribution in [3.05, 3.63) is 77.0 Å². The van der Waals surface area contributed by atoms with Crippen molar-refractivity contribution >= 4 is 46.2 Å². The van der Waals surface area contributed by atoms with E-state index in [4.69, 9.17) is 11.6 Å². The number of amides is 1. The largest absolute Gasteiger partial charge is 0.355 e. The number of nitrogens with one attached hydrogen (secondary N) is 3. The molecule has 1 aliphatic heterocycles. The van der Waals surface area contributed by atoms with Gasteiger partial charge < -0.3 is 20.9 Å². The summed E-state index contributed by atoms with van der Waals surface area (Å²) < 4.78 is 0. The zero-order chi connectivity index (χ0) is 22.7. The van der Waals surface area contributed by atoms with Crippen molar-refractivity contribution in [2.45, 2.75) is 6.42 Å². The Kier molecular flexibility index (Phi) is 6.39. The molecule has 0 bridgehead atoms. The lowest BCUT2D eigenvalue weighted by Gasteiger charge is -2.14. The lowest BCUT2D eigenvalue weighted by atomic mass is 9.99. The van der Waals surface area contributed by atoms with Crippen molar-refractivity contribution in [1.82, 2.24) is 20.2 Å². The van der Waals surface area contributed by atoms with E-state index in [0.717, 1.165) is 36.3 Å². The molecule has 0 aliphatic carbocycles. The van der Waals surface area contributed by atoms with Gasteiger partial charge >= 0.3 is 0 Å². The highest BCUT2D eigenvalue weighted by Crippen LogP contribution is 2.29. The van der Waals surface area contributed by atoms with E-state index in [1.807, 2.05) is 12.1 Å². The number of halogens is 1. The van der Waals surface area contributed by atoms with Crippen LogP contribution >= 0.6 is 11.6 Å². The first-order valence-electron chi connectivity index (χ1n) is 10.3. The molecule has 2 aromatic carbocycles. The summed E-state index contributed by atoms with van der Waals surface area (Å²) in [6, 6.07) is 13.4. The van der Waals surface area contributed by atoms with Crippen LogP contribution in [-0.4, -0.2) is 48.0 Å². The van der Waals surface area contributed by atoms with Crippen LogP contribution in [0.25, 0.3) is 5.57 Å². The van der Waals surface area contributed by atoms with Crippen molar-refractivity contribution in [2.75, 3.05) is 37.8 Å². The number of hydrogen-bond acceptors (Lipinski definition) is 6. The summed E-state index contributed by atoms with van der Waals surface area (Å²) in [7, 11) is 3.70. The molecule has 3 N–H and O–H groups in total. The van der Waals surface area contributed by atoms with Crippen molar-refractivity contribution in [2.24, 2.45) is 0 Å². The Bertz CT molecular complexity index is 1180. The molecule has 164 valence electrons. The minimum atomic E-state index is -0.201. The monoisotopic (exact) mass is 448 g/mol. The highest BCUT2D eigenvalue weighted by Gasteiger charge is 2.16. The fraction of sp³-hybridized carbons (Fsp3) is 0.208. The summed E-state index contributed by atoms with van der Waals surface area (Å²) in [5.74, 6) is 0.597. The molecule has 0 saturated carbocycles. The number of fused-ring (bicyclic) bond motifs is 1. The van der Waals surface area contributed by atoms with Gasteiger partial charge in [0.2, 0.25) is 5.95 Å². The molecule has 1 aromatic heterocycles. The minimum absolute atomic E-state index is 0.201. The van der Waals surface area contributed by atoms with Gasteiger partial charge in [-0.1, -0.05) is 36.4 Å². The van der Waals surface area contributed by atoms with E-state index < -0.39 is 0 Å². The molecule has 0 saturated heterocycles. The number of para-hydroxylation sites is 1. The van der Waals surface area contributed by atoms with Gasteiger partial charge in [-0.15, -0.1) is 0 Å². The Labute approximate surface area is 192 Å². The zero-order valence-electron chi connectivity index (χ0n) is 18.1. The number of carbonyl (C=O) groups excluding carboxylic acids is 1. The zero-order valence-corrected chi connectivity index (χ0v) is 18.8. The van der Waals surface area contributed by atoms with Crippen LogP contribution in [0.4, 0.5) is 23.1 Å². The second kappa shape index (κ2) is 9.38. The number of aromatic nitrogens is 2. The smallest absolute Gasteiger partial charge is 0.253 e. The molecule has 8 heteroatoms. The molecule has 4 rings (SSSR count). The van der Waals surface area contributed by atoms with Crippen molar-refractivity contribution < 1.29 is 4.79 Å². The maximum atomic E-state index is 12.2. The van der Waals surface area contributed by atoms with Gasteiger partial charge in [-0.2, -0.15) is 4.98 Å². The van der Waals surface area contributed by atoms with E-state index in [1.165, 1.54) is 11.8 Å². The molecular weight excluding hydrogens is 424 g/mol. The van der Waals surface area contributed by atoms with Crippen LogP contribution in [-0.2, 0) is 6.42 Å². The minimum Gasteiger partial charge on any atom is -0.355 e. The van der Waals surface area contributed by atoms with Gasteiger partial charge in [-0.3, -0.25) is 4.79 Å². The molecule has 32 heavy (non-hydrogen) atoms. The predicted octanol–water partition coefficient (Wildman–Crippen LogP) is 4.48. The maximum absolute atomic E-state index is 12.2. The molecular formula is C24H25ClN6O. The van der Waals surface area contributed by atoms with Crippen LogP contribution in [0.3, 0.4) is 0 Å². The molecule has 1 amide bonds. The van der Waals surface area contributed by atoms with Gasteiger partial charge in [0.25, 0.3) is 5.91 Å². The third-order valence-corrected chi connectivity index (χ3v) is 5.64. The summed E-state index contributed by atoms with van der Waals surface area (Å²) in [4.78, 5) is 23.3. The van der Waals surface area contributed by atoms with E-state index in [9.17, 15) is 4.79 Å². The van der Waals surface area contributed by atoms with Crippen LogP contribution in [0.5, 0.6) is 0 Å². The Morgan fingerprint density at radius 1 is 1.19 bits per heavy atom. The third-order valence-electron chi connectivity index (χ3n) is 5.37. The van der Waals surface area contributed by atoms with Gasteiger partial charge in [-0.05, 0) is 54.4 Å². The Hall–Kier alpha value is -3.42. The highest BCUT2D eigenvalue weighted by molar-refractivity contribution is 6.33. The number of benzene rings is 2. The first kappa shape index (κ1) is 21.8. The summed E-state index contributed by atoms with van der Waals surface area (Å²) in [5.41, 5.74) is 5.50. The van der Waals surface area contributed by atoms with Crippen LogP contribution in [0, 0.1) is 0 Å². The fourth-order valence-corrected chi connectivity index (χ4v) is 3.84. The number of nitrogens with zero attached hydrogens (tertiary/aromatic N) is 3. The first-order chi connectivity index (χ1) is 15.4. The molecule has 3 aromatic rings. The number of hydrogen-bond donors (Lipinski definition) is 3. The van der Waals surface area contributed by atoms with Gasteiger partial charge in [0.15, 0.2) is 5.82 Å². The van der Waals surface area contributed by atoms with Gasteiger partial charge in [0.05, 0.1) is 17.4 Å². The third kappa shape index (κ3) is 4.74. The van der Waals surface area contributed by atoms with E-state index in [1.54, 1.807) is 25.2 Å². The molecule has 2 heterocycles. The van der Waals surface area contributed by atoms with Crippen molar-refractivity contribution in [1.29, 1.82) is 0 Å². The first-order valence-corrected chi connectivity index (χ1v) is 10.7. The molecule has 7 nitrogen and oxygen atoms in total. The molecule has 0 atom stereocenters. The second-order valence-electron chi connectivity index (χ2n) is 7.73. The summed E-state index contributed by atoms with van der Waals surface area (Å²) in [6.07, 6.45) is 2.51. The Balaban J connectivity index is 1.59. The molecule has 0 fully saturated rings. The lowest BCUT2D eigenvalue weighted by molar-refractivity contribution is 0.0964. The number of likely N-dealkylation sites (N-methyl/N-ethyl adjacent to an activating group) is 1. The molecule has 0 unspecified atom stereocenters. The van der Waals surface area contributed by atoms with E-state index in [2.05, 4.69) is 56.6 Å². The number of carbonyl (C=O) groups is 1. The topological polar surface area (TPSA) is 82.2 Å². The predicted molar refractivity (Wildman–Crippen MR) is 130 cm³/mol. The molecule has 0 spiro atoms. The maximum Gasteiger partial charge on any atom is 0.253 e. The van der Waals surface area contributed by atoms with Crippen LogP contribution in [0.1, 0.15) is 21.5 Å². The van der Waals surface area contributed by atoms with E-state index in [-0.39, 0.29) is 5.91 Å². The Morgan fingerprint density at radius 2 is 2.00 bits per heavy atom. The van der Waals surface area contributed by atoms with Crippen LogP contribution < -0.4 is 16.0 Å². The summed E-state index contributed by atoms with van der Waals surface area (Å²) in [6.45, 7) is 6.10. The van der Waals surface area contributed by atoms with Crippen molar-refractivity contribution in [3.8, 4) is 0 Å². The van der Waals surface area contributed by atoms with Gasteiger partial charge in [-0.25, -0.2) is 4.98 Å². The second-order valence-corrected chi connectivity index (χ2v) is 8.14. The summed E-state index contributed by atoms with van der Waals surface area (Å²) >= 11 is 6.33. The van der Waals surface area contributed by atoms with Gasteiger partial charge in [0, 0.05) is 25.8 Å². The van der Waals surface area contributed by atoms with Crippen molar-refractivity contribution in [3.63, 3.8) is 0 Å². The van der Waals surface area contributed by atoms with Gasteiger partial charge in [0.1, 0.15) is 5.02 Å². The quantitative estimate of drug-likeness (QED) is 0.534. The van der Waals surface area contributed by atoms with E-state index in [0.29, 0.717) is 28.0 Å². The van der Waals surface area contributed by atoms with E-state index >= 15 is 0 Å². The van der Waals surface area contributed by atoms with Crippen LogP contribution in [0.2, 0.25) is 5.02 Å². The molecule has 1 aliphatic rings. The standard InChI is InChI=1S/C24H25ClN6O/c1-15-14-31(3)11-10-16-8-9-17(12-19(15)16)28-24-27-13-20(25)22(30-24)29-21-7-5-4-6-18(21)23(32)26-2/h4-9,12-13H,1,10-11,14H2,2-3H3,(H,26,32)(H2,27,28,29,30). The number of anilines is 4. The molecule has 0 radical (unpaired) electrons. The fourth-order valence-electron chi connectivity index (χ4n) is 3.70. The highest BCUT2D eigenvalue weighted by atomic mass is 35.5. The normalized spacial score (nSPS) is 13.8. The number of rotatable bonds is 5. The SMILES string of the molecule is C=C1CN(C)CCc2ccc(Nc3ncc(Cl)c(Nc4ccccc4C(=O)NC)n3)cc21. The van der Waals surface area contributed by atoms with Crippen LogP contribution in [0.15, 0.2) is 55.2 Å². The average Bonchev–Trinajstić information content (AvgIpc) is 2.93. The summed E-state index contributed by atoms with van der Waals surface area (Å²) in [5, 5.41) is 9.38. The average molecular weight is 449 g/mol. The Morgan fingerprint density at radius 3 is 2.81 bits per heavy atom. The lowest BCUT2D eigenvalue weighted by Crippen LogP contribution is -2.20.